The SMILES string of the molecule is N#CC1(C(=O)Nc2ccon2)CCCCCC1. The van der Waals surface area contributed by atoms with Crippen LogP contribution in [0.5, 0.6) is 0 Å². The first-order valence-corrected chi connectivity index (χ1v) is 5.90. The van der Waals surface area contributed by atoms with E-state index in [1.54, 1.807) is 6.07 Å². The number of carbonyl (C=O) groups is 1. The number of amides is 1. The first-order chi connectivity index (χ1) is 8.27. The summed E-state index contributed by atoms with van der Waals surface area (Å²) in [7, 11) is 0. The number of hydrogen-bond donors (Lipinski definition) is 1. The van der Waals surface area contributed by atoms with Gasteiger partial charge >= 0.3 is 0 Å². The number of hydrogen-bond acceptors (Lipinski definition) is 4. The van der Waals surface area contributed by atoms with E-state index in [1.165, 1.54) is 6.26 Å². The Morgan fingerprint density at radius 3 is 2.65 bits per heavy atom. The third-order valence-corrected chi connectivity index (χ3v) is 3.29. The molecule has 90 valence electrons. The van der Waals surface area contributed by atoms with Crippen molar-refractivity contribution in [3.05, 3.63) is 12.3 Å². The Morgan fingerprint density at radius 1 is 1.41 bits per heavy atom. The summed E-state index contributed by atoms with van der Waals surface area (Å²) in [4.78, 5) is 12.2. The minimum Gasteiger partial charge on any atom is -0.363 e. The molecule has 1 heterocycles. The predicted octanol–water partition coefficient (Wildman–Crippen LogP) is 2.48. The minimum atomic E-state index is -0.893. The van der Waals surface area contributed by atoms with Crippen LogP contribution in [0.1, 0.15) is 38.5 Å². The Morgan fingerprint density at radius 2 is 2.12 bits per heavy atom. The van der Waals surface area contributed by atoms with Crippen LogP contribution in [0, 0.1) is 16.7 Å². The highest BCUT2D eigenvalue weighted by Gasteiger charge is 2.39. The maximum atomic E-state index is 12.2. The van der Waals surface area contributed by atoms with Crippen molar-refractivity contribution in [3.63, 3.8) is 0 Å². The van der Waals surface area contributed by atoms with Crippen LogP contribution in [0.3, 0.4) is 0 Å². The molecule has 1 aromatic heterocycles. The molecule has 0 spiro atoms. The van der Waals surface area contributed by atoms with Crippen LogP contribution in [0.25, 0.3) is 0 Å². The van der Waals surface area contributed by atoms with Gasteiger partial charge in [0.1, 0.15) is 11.7 Å². The van der Waals surface area contributed by atoms with Gasteiger partial charge in [-0.2, -0.15) is 5.26 Å². The van der Waals surface area contributed by atoms with Gasteiger partial charge in [0.05, 0.1) is 6.07 Å². The molecule has 0 saturated heterocycles. The molecule has 1 amide bonds. The van der Waals surface area contributed by atoms with Crippen molar-refractivity contribution in [2.45, 2.75) is 38.5 Å². The lowest BCUT2D eigenvalue weighted by molar-refractivity contribution is -0.123. The Bertz CT molecular complexity index is 411. The zero-order chi connectivity index (χ0) is 12.1. The van der Waals surface area contributed by atoms with Gasteiger partial charge in [-0.1, -0.05) is 30.8 Å². The molecule has 0 bridgehead atoms. The van der Waals surface area contributed by atoms with E-state index in [1.807, 2.05) is 0 Å². The Hall–Kier alpha value is -1.83. The number of nitrogens with one attached hydrogen (secondary N) is 1. The van der Waals surface area contributed by atoms with Crippen LogP contribution in [0.15, 0.2) is 16.9 Å². The fourth-order valence-electron chi connectivity index (χ4n) is 2.23. The van der Waals surface area contributed by atoms with Gasteiger partial charge in [0, 0.05) is 6.07 Å². The molecule has 1 N–H and O–H groups in total. The number of rotatable bonds is 2. The third-order valence-electron chi connectivity index (χ3n) is 3.29. The number of carbonyl (C=O) groups excluding carboxylic acids is 1. The topological polar surface area (TPSA) is 78.9 Å². The summed E-state index contributed by atoms with van der Waals surface area (Å²) in [6.45, 7) is 0. The molecule has 0 unspecified atom stereocenters. The summed E-state index contributed by atoms with van der Waals surface area (Å²) >= 11 is 0. The largest absolute Gasteiger partial charge is 0.363 e. The van der Waals surface area contributed by atoms with Crippen molar-refractivity contribution in [2.75, 3.05) is 5.32 Å². The molecule has 0 aliphatic heterocycles. The number of nitriles is 1. The second-order valence-electron chi connectivity index (χ2n) is 4.45. The molecule has 5 nitrogen and oxygen atoms in total. The van der Waals surface area contributed by atoms with Gasteiger partial charge in [-0.15, -0.1) is 0 Å². The van der Waals surface area contributed by atoms with E-state index < -0.39 is 5.41 Å². The predicted molar refractivity (Wildman–Crippen MR) is 60.9 cm³/mol. The lowest BCUT2D eigenvalue weighted by Gasteiger charge is -2.22. The van der Waals surface area contributed by atoms with Crippen LogP contribution >= 0.6 is 0 Å². The molecule has 0 aromatic carbocycles. The van der Waals surface area contributed by atoms with E-state index in [2.05, 4.69) is 21.1 Å². The molecular weight excluding hydrogens is 218 g/mol. The summed E-state index contributed by atoms with van der Waals surface area (Å²) in [6, 6.07) is 3.77. The summed E-state index contributed by atoms with van der Waals surface area (Å²) < 4.78 is 4.65. The van der Waals surface area contributed by atoms with E-state index >= 15 is 0 Å². The molecule has 1 fully saturated rings. The van der Waals surface area contributed by atoms with Crippen LogP contribution in [-0.2, 0) is 4.79 Å². The molecule has 1 aliphatic carbocycles. The van der Waals surface area contributed by atoms with Gasteiger partial charge in [-0.3, -0.25) is 4.79 Å². The van der Waals surface area contributed by atoms with Gasteiger partial charge in [0.2, 0.25) is 5.91 Å². The first kappa shape index (κ1) is 11.6. The van der Waals surface area contributed by atoms with Crippen LogP contribution in [-0.4, -0.2) is 11.1 Å². The smallest absolute Gasteiger partial charge is 0.246 e. The standard InChI is InChI=1S/C12H15N3O2/c13-9-12(6-3-1-2-4-7-12)11(16)14-10-5-8-17-15-10/h5,8H,1-4,6-7H2,(H,14,15,16). The van der Waals surface area contributed by atoms with Crippen LogP contribution < -0.4 is 5.32 Å². The Balaban J connectivity index is 2.11. The van der Waals surface area contributed by atoms with Crippen molar-refractivity contribution < 1.29 is 9.32 Å². The highest BCUT2D eigenvalue weighted by Crippen LogP contribution is 2.35. The highest BCUT2D eigenvalue weighted by molar-refractivity contribution is 5.96. The molecule has 1 aliphatic rings. The van der Waals surface area contributed by atoms with E-state index in [0.717, 1.165) is 25.7 Å². The second kappa shape index (κ2) is 5.00. The number of anilines is 1. The van der Waals surface area contributed by atoms with Crippen molar-refractivity contribution in [1.82, 2.24) is 5.16 Å². The van der Waals surface area contributed by atoms with Crippen molar-refractivity contribution in [3.8, 4) is 6.07 Å². The summed E-state index contributed by atoms with van der Waals surface area (Å²) in [5.41, 5.74) is -0.893. The van der Waals surface area contributed by atoms with Gasteiger partial charge in [-0.05, 0) is 12.8 Å². The maximum absolute atomic E-state index is 12.2. The second-order valence-corrected chi connectivity index (χ2v) is 4.45. The zero-order valence-corrected chi connectivity index (χ0v) is 9.61. The van der Waals surface area contributed by atoms with E-state index in [9.17, 15) is 10.1 Å². The van der Waals surface area contributed by atoms with Crippen LogP contribution in [0.4, 0.5) is 5.82 Å². The van der Waals surface area contributed by atoms with Gasteiger partial charge in [-0.25, -0.2) is 0 Å². The molecule has 2 rings (SSSR count). The Kier molecular flexibility index (Phi) is 3.43. The third kappa shape index (κ3) is 2.47. The quantitative estimate of drug-likeness (QED) is 0.796. The maximum Gasteiger partial charge on any atom is 0.246 e. The number of aromatic nitrogens is 1. The average molecular weight is 233 g/mol. The molecule has 17 heavy (non-hydrogen) atoms. The molecule has 1 aromatic rings. The van der Waals surface area contributed by atoms with Crippen LogP contribution in [0.2, 0.25) is 0 Å². The van der Waals surface area contributed by atoms with E-state index in [-0.39, 0.29) is 5.91 Å². The number of nitrogens with zero attached hydrogens (tertiary/aromatic N) is 2. The van der Waals surface area contributed by atoms with Gasteiger partial charge < -0.3 is 9.84 Å². The van der Waals surface area contributed by atoms with Crippen molar-refractivity contribution in [1.29, 1.82) is 5.26 Å². The van der Waals surface area contributed by atoms with E-state index in [4.69, 9.17) is 0 Å². The lowest BCUT2D eigenvalue weighted by Crippen LogP contribution is -2.34. The fourth-order valence-corrected chi connectivity index (χ4v) is 2.23. The normalized spacial score (nSPS) is 19.0. The summed E-state index contributed by atoms with van der Waals surface area (Å²) in [6.07, 6.45) is 6.71. The molecule has 0 atom stereocenters. The molecular formula is C12H15N3O2. The lowest BCUT2D eigenvalue weighted by atomic mass is 9.81. The van der Waals surface area contributed by atoms with Crippen molar-refractivity contribution >= 4 is 11.7 Å². The molecule has 0 radical (unpaired) electrons. The van der Waals surface area contributed by atoms with Crippen molar-refractivity contribution in [2.24, 2.45) is 5.41 Å². The van der Waals surface area contributed by atoms with Gasteiger partial charge in [0.15, 0.2) is 5.82 Å². The Labute approximate surface area is 99.8 Å². The van der Waals surface area contributed by atoms with Gasteiger partial charge in [0.25, 0.3) is 0 Å². The average Bonchev–Trinajstić information content (AvgIpc) is 2.72. The van der Waals surface area contributed by atoms with E-state index in [0.29, 0.717) is 18.7 Å². The monoisotopic (exact) mass is 233 g/mol. The summed E-state index contributed by atoms with van der Waals surface area (Å²) in [5, 5.41) is 15.6. The zero-order valence-electron chi connectivity index (χ0n) is 9.61. The molecule has 1 saturated carbocycles. The highest BCUT2D eigenvalue weighted by atomic mass is 16.5. The summed E-state index contributed by atoms with van der Waals surface area (Å²) in [5.74, 6) is 0.115. The first-order valence-electron chi connectivity index (χ1n) is 5.90. The minimum absolute atomic E-state index is 0.254. The molecule has 5 heteroatoms. The fraction of sp³-hybridized carbons (Fsp3) is 0.583.